The fraction of sp³-hybridized carbons (Fsp3) is 0.143. The normalized spacial score (nSPS) is 10.9. The van der Waals surface area contributed by atoms with E-state index in [0.717, 1.165) is 16.9 Å². The molecule has 0 unspecified atom stereocenters. The molecule has 6 nitrogen and oxygen atoms in total. The van der Waals surface area contributed by atoms with Crippen LogP contribution in [0.4, 0.5) is 0 Å². The standard InChI is InChI=1S/C21H18ClN5OS/c1-13-19(20(28)23-12-15-6-4-3-5-7-15)29-21(24-13)18-14(2)27(26-25-18)17-10-8-16(22)9-11-17/h3-11H,12H2,1-2H3,(H,23,28). The van der Waals surface area contributed by atoms with E-state index in [1.165, 1.54) is 11.3 Å². The molecule has 1 amide bonds. The Balaban J connectivity index is 1.56. The lowest BCUT2D eigenvalue weighted by molar-refractivity contribution is 0.0954. The number of carbonyl (C=O) groups excluding carboxylic acids is 1. The van der Waals surface area contributed by atoms with Gasteiger partial charge in [0, 0.05) is 11.6 Å². The lowest BCUT2D eigenvalue weighted by atomic mass is 10.2. The first-order valence-corrected chi connectivity index (χ1v) is 10.2. The molecule has 0 saturated carbocycles. The second-order valence-electron chi connectivity index (χ2n) is 6.51. The predicted molar refractivity (Wildman–Crippen MR) is 115 cm³/mol. The van der Waals surface area contributed by atoms with Crippen molar-refractivity contribution in [3.63, 3.8) is 0 Å². The molecule has 29 heavy (non-hydrogen) atoms. The van der Waals surface area contributed by atoms with Crippen LogP contribution in [0.25, 0.3) is 16.4 Å². The summed E-state index contributed by atoms with van der Waals surface area (Å²) in [4.78, 5) is 17.8. The second-order valence-corrected chi connectivity index (χ2v) is 7.95. The van der Waals surface area contributed by atoms with Crippen molar-refractivity contribution in [3.05, 3.63) is 81.4 Å². The van der Waals surface area contributed by atoms with Crippen molar-refractivity contribution < 1.29 is 4.79 Å². The van der Waals surface area contributed by atoms with Gasteiger partial charge in [0.25, 0.3) is 5.91 Å². The number of hydrogen-bond acceptors (Lipinski definition) is 5. The van der Waals surface area contributed by atoms with Gasteiger partial charge < -0.3 is 5.32 Å². The Labute approximate surface area is 177 Å². The number of thiazole rings is 1. The molecule has 0 atom stereocenters. The highest BCUT2D eigenvalue weighted by atomic mass is 35.5. The third-order valence-electron chi connectivity index (χ3n) is 4.47. The number of aromatic nitrogens is 4. The number of rotatable bonds is 5. The van der Waals surface area contributed by atoms with E-state index in [-0.39, 0.29) is 5.91 Å². The van der Waals surface area contributed by atoms with E-state index in [9.17, 15) is 4.79 Å². The first-order chi connectivity index (χ1) is 14.0. The molecule has 8 heteroatoms. The van der Waals surface area contributed by atoms with Crippen LogP contribution in [0.1, 0.15) is 26.6 Å². The maximum absolute atomic E-state index is 12.6. The Bertz CT molecular complexity index is 1150. The van der Waals surface area contributed by atoms with E-state index < -0.39 is 0 Å². The molecule has 2 heterocycles. The largest absolute Gasteiger partial charge is 0.347 e. The molecule has 146 valence electrons. The Morgan fingerprint density at radius 1 is 1.10 bits per heavy atom. The smallest absolute Gasteiger partial charge is 0.263 e. The highest BCUT2D eigenvalue weighted by molar-refractivity contribution is 7.17. The number of aryl methyl sites for hydroxylation is 1. The van der Waals surface area contributed by atoms with Crippen LogP contribution >= 0.6 is 22.9 Å². The van der Waals surface area contributed by atoms with Crippen molar-refractivity contribution in [2.75, 3.05) is 0 Å². The summed E-state index contributed by atoms with van der Waals surface area (Å²) in [6.45, 7) is 4.23. The average Bonchev–Trinajstić information content (AvgIpc) is 3.30. The number of amides is 1. The van der Waals surface area contributed by atoms with E-state index in [1.54, 1.807) is 16.8 Å². The van der Waals surface area contributed by atoms with Gasteiger partial charge in [-0.15, -0.1) is 16.4 Å². The quantitative estimate of drug-likeness (QED) is 0.509. The Hall–Kier alpha value is -3.03. The maximum atomic E-state index is 12.6. The van der Waals surface area contributed by atoms with Crippen molar-refractivity contribution in [1.82, 2.24) is 25.3 Å². The van der Waals surface area contributed by atoms with Crippen LogP contribution in [0.5, 0.6) is 0 Å². The summed E-state index contributed by atoms with van der Waals surface area (Å²) in [6, 6.07) is 17.2. The molecule has 0 aliphatic rings. The van der Waals surface area contributed by atoms with Gasteiger partial charge in [0.15, 0.2) is 0 Å². The number of benzene rings is 2. The number of halogens is 1. The minimum atomic E-state index is -0.141. The van der Waals surface area contributed by atoms with E-state index in [0.29, 0.717) is 32.8 Å². The molecule has 2 aromatic heterocycles. The molecule has 1 N–H and O–H groups in total. The fourth-order valence-electron chi connectivity index (χ4n) is 2.92. The molecule has 0 saturated heterocycles. The highest BCUT2D eigenvalue weighted by Crippen LogP contribution is 2.29. The summed E-state index contributed by atoms with van der Waals surface area (Å²) in [5.74, 6) is -0.141. The first-order valence-electron chi connectivity index (χ1n) is 9.01. The zero-order chi connectivity index (χ0) is 20.4. The monoisotopic (exact) mass is 423 g/mol. The van der Waals surface area contributed by atoms with Gasteiger partial charge in [0.1, 0.15) is 15.6 Å². The van der Waals surface area contributed by atoms with Gasteiger partial charge in [-0.05, 0) is 43.7 Å². The number of nitrogens with one attached hydrogen (secondary N) is 1. The van der Waals surface area contributed by atoms with E-state index in [4.69, 9.17) is 11.6 Å². The van der Waals surface area contributed by atoms with E-state index in [1.807, 2.05) is 56.3 Å². The topological polar surface area (TPSA) is 72.7 Å². The SMILES string of the molecule is Cc1nc(-c2nnn(-c3ccc(Cl)cc3)c2C)sc1C(=O)NCc1ccccc1. The summed E-state index contributed by atoms with van der Waals surface area (Å²) in [5, 5.41) is 12.8. The molecule has 0 aliphatic heterocycles. The van der Waals surface area contributed by atoms with Gasteiger partial charge in [-0.25, -0.2) is 9.67 Å². The van der Waals surface area contributed by atoms with Crippen molar-refractivity contribution in [1.29, 1.82) is 0 Å². The van der Waals surface area contributed by atoms with Gasteiger partial charge in [0.05, 0.1) is 17.1 Å². The molecular formula is C21H18ClN5OS. The lowest BCUT2D eigenvalue weighted by Gasteiger charge is -2.03. The minimum Gasteiger partial charge on any atom is -0.347 e. The van der Waals surface area contributed by atoms with Crippen LogP contribution in [0.2, 0.25) is 5.02 Å². The van der Waals surface area contributed by atoms with Crippen LogP contribution in [-0.4, -0.2) is 25.9 Å². The summed E-state index contributed by atoms with van der Waals surface area (Å²) in [6.07, 6.45) is 0. The Morgan fingerprint density at radius 2 is 1.83 bits per heavy atom. The first kappa shape index (κ1) is 19.3. The molecule has 4 rings (SSSR count). The van der Waals surface area contributed by atoms with Crippen molar-refractivity contribution in [3.8, 4) is 16.4 Å². The van der Waals surface area contributed by atoms with Crippen LogP contribution in [0.15, 0.2) is 54.6 Å². The van der Waals surface area contributed by atoms with Gasteiger partial charge in [-0.3, -0.25) is 4.79 Å². The number of hydrogen-bond donors (Lipinski definition) is 1. The molecule has 0 spiro atoms. The van der Waals surface area contributed by atoms with Crippen LogP contribution in [0.3, 0.4) is 0 Å². The Morgan fingerprint density at radius 3 is 2.55 bits per heavy atom. The van der Waals surface area contributed by atoms with E-state index >= 15 is 0 Å². The third kappa shape index (κ3) is 4.06. The maximum Gasteiger partial charge on any atom is 0.263 e. The molecule has 0 aliphatic carbocycles. The molecular weight excluding hydrogens is 406 g/mol. The van der Waals surface area contributed by atoms with Gasteiger partial charge >= 0.3 is 0 Å². The second kappa shape index (κ2) is 8.14. The Kier molecular flexibility index (Phi) is 5.42. The van der Waals surface area contributed by atoms with Crippen molar-refractivity contribution in [2.24, 2.45) is 0 Å². The zero-order valence-corrected chi connectivity index (χ0v) is 17.5. The van der Waals surface area contributed by atoms with Crippen LogP contribution in [-0.2, 0) is 6.54 Å². The highest BCUT2D eigenvalue weighted by Gasteiger charge is 2.20. The van der Waals surface area contributed by atoms with E-state index in [2.05, 4.69) is 20.6 Å². The lowest BCUT2D eigenvalue weighted by Crippen LogP contribution is -2.22. The summed E-state index contributed by atoms with van der Waals surface area (Å²) < 4.78 is 1.73. The number of carbonyl (C=O) groups is 1. The average molecular weight is 424 g/mol. The molecule has 0 fully saturated rings. The molecule has 0 radical (unpaired) electrons. The predicted octanol–water partition coefficient (Wildman–Crippen LogP) is 4.59. The van der Waals surface area contributed by atoms with Gasteiger partial charge in [-0.2, -0.15) is 0 Å². The fourth-order valence-corrected chi connectivity index (χ4v) is 4.07. The zero-order valence-electron chi connectivity index (χ0n) is 15.9. The summed E-state index contributed by atoms with van der Waals surface area (Å²) in [5.41, 5.74) is 4.09. The summed E-state index contributed by atoms with van der Waals surface area (Å²) >= 11 is 7.28. The molecule has 4 aromatic rings. The number of nitrogens with zero attached hydrogens (tertiary/aromatic N) is 4. The molecule has 2 aromatic carbocycles. The van der Waals surface area contributed by atoms with Gasteiger partial charge in [0.2, 0.25) is 0 Å². The van der Waals surface area contributed by atoms with Gasteiger partial charge in [-0.1, -0.05) is 47.1 Å². The van der Waals surface area contributed by atoms with Crippen molar-refractivity contribution >= 4 is 28.8 Å². The van der Waals surface area contributed by atoms with Crippen molar-refractivity contribution in [2.45, 2.75) is 20.4 Å². The van der Waals surface area contributed by atoms with Crippen LogP contribution in [0, 0.1) is 13.8 Å². The van der Waals surface area contributed by atoms with Crippen LogP contribution < -0.4 is 5.32 Å². The minimum absolute atomic E-state index is 0.141. The molecule has 0 bridgehead atoms. The summed E-state index contributed by atoms with van der Waals surface area (Å²) in [7, 11) is 0. The third-order valence-corrected chi connectivity index (χ3v) is 5.88.